The number of ether oxygens (including phenoxy) is 1. The number of methoxy groups -OCH3 is 1. The molecule has 7 nitrogen and oxygen atoms in total. The van der Waals surface area contributed by atoms with E-state index >= 15 is 0 Å². The molecule has 140 valence electrons. The first-order valence-electron chi connectivity index (χ1n) is 8.61. The summed E-state index contributed by atoms with van der Waals surface area (Å²) in [5, 5.41) is 2.59. The largest absolute Gasteiger partial charge is 0.497 e. The van der Waals surface area contributed by atoms with Gasteiger partial charge in [-0.05, 0) is 37.6 Å². The van der Waals surface area contributed by atoms with Gasteiger partial charge in [0.25, 0.3) is 0 Å². The number of carbonyl (C=O) groups excluding carboxylic acids is 3. The molecular formula is C19H25N3O4. The smallest absolute Gasteiger partial charge is 0.312 e. The van der Waals surface area contributed by atoms with Crippen molar-refractivity contribution in [1.29, 1.82) is 0 Å². The van der Waals surface area contributed by atoms with Crippen LogP contribution in [0.25, 0.3) is 6.08 Å². The summed E-state index contributed by atoms with van der Waals surface area (Å²) < 4.78 is 5.16. The van der Waals surface area contributed by atoms with Gasteiger partial charge in [-0.2, -0.15) is 0 Å². The molecule has 1 aromatic rings. The third-order valence-electron chi connectivity index (χ3n) is 4.00. The van der Waals surface area contributed by atoms with E-state index in [1.807, 2.05) is 24.3 Å². The molecule has 0 radical (unpaired) electrons. The van der Waals surface area contributed by atoms with Gasteiger partial charge in [0.05, 0.1) is 7.11 Å². The van der Waals surface area contributed by atoms with Crippen molar-refractivity contribution in [2.75, 3.05) is 33.3 Å². The van der Waals surface area contributed by atoms with Crippen LogP contribution in [-0.4, -0.2) is 66.9 Å². The van der Waals surface area contributed by atoms with Crippen LogP contribution >= 0.6 is 0 Å². The lowest BCUT2D eigenvalue weighted by Crippen LogP contribution is -2.54. The van der Waals surface area contributed by atoms with E-state index in [9.17, 15) is 14.4 Å². The lowest BCUT2D eigenvalue weighted by Gasteiger charge is -2.33. The molecule has 0 saturated carbocycles. The van der Waals surface area contributed by atoms with Crippen molar-refractivity contribution >= 4 is 23.8 Å². The van der Waals surface area contributed by atoms with Gasteiger partial charge < -0.3 is 19.9 Å². The molecule has 2 rings (SSSR count). The van der Waals surface area contributed by atoms with Gasteiger partial charge in [-0.1, -0.05) is 12.1 Å². The standard InChI is InChI=1S/C19H25N3O4/c1-14(2)20-18(24)19(25)22-11-9-21(10-12-22)17(23)8-7-15-5-4-6-16(13-15)26-3/h4-8,13-14H,9-12H2,1-3H3,(H,20,24). The Bertz CT molecular complexity index is 692. The first kappa shape index (κ1) is 19.5. The average Bonchev–Trinajstić information content (AvgIpc) is 2.65. The van der Waals surface area contributed by atoms with Crippen molar-refractivity contribution in [3.63, 3.8) is 0 Å². The zero-order valence-electron chi connectivity index (χ0n) is 15.4. The fourth-order valence-electron chi connectivity index (χ4n) is 2.62. The van der Waals surface area contributed by atoms with E-state index in [1.165, 1.54) is 11.0 Å². The Balaban J connectivity index is 1.87. The molecule has 0 aliphatic carbocycles. The number of benzene rings is 1. The Morgan fingerprint density at radius 2 is 1.77 bits per heavy atom. The molecule has 1 saturated heterocycles. The van der Waals surface area contributed by atoms with E-state index in [1.54, 1.807) is 31.9 Å². The highest BCUT2D eigenvalue weighted by atomic mass is 16.5. The molecule has 0 aromatic heterocycles. The Kier molecular flexibility index (Phi) is 6.77. The molecule has 1 aromatic carbocycles. The Morgan fingerprint density at radius 3 is 2.38 bits per heavy atom. The fourth-order valence-corrected chi connectivity index (χ4v) is 2.62. The van der Waals surface area contributed by atoms with Crippen molar-refractivity contribution in [2.24, 2.45) is 0 Å². The normalized spacial score (nSPS) is 14.6. The Labute approximate surface area is 153 Å². The van der Waals surface area contributed by atoms with Gasteiger partial charge in [0.15, 0.2) is 0 Å². The van der Waals surface area contributed by atoms with Crippen LogP contribution in [0, 0.1) is 0 Å². The maximum atomic E-state index is 12.3. The van der Waals surface area contributed by atoms with Crippen LogP contribution in [-0.2, 0) is 14.4 Å². The van der Waals surface area contributed by atoms with Gasteiger partial charge in [0.1, 0.15) is 5.75 Å². The number of piperazine rings is 1. The summed E-state index contributed by atoms with van der Waals surface area (Å²) in [5.74, 6) is -0.534. The molecule has 0 atom stereocenters. The van der Waals surface area contributed by atoms with Crippen molar-refractivity contribution in [2.45, 2.75) is 19.9 Å². The van der Waals surface area contributed by atoms with Crippen molar-refractivity contribution < 1.29 is 19.1 Å². The monoisotopic (exact) mass is 359 g/mol. The van der Waals surface area contributed by atoms with Crippen LogP contribution in [0.4, 0.5) is 0 Å². The average molecular weight is 359 g/mol. The van der Waals surface area contributed by atoms with Crippen molar-refractivity contribution in [3.8, 4) is 5.75 Å². The highest BCUT2D eigenvalue weighted by molar-refractivity contribution is 6.35. The second kappa shape index (κ2) is 9.03. The Morgan fingerprint density at radius 1 is 1.12 bits per heavy atom. The third-order valence-corrected chi connectivity index (χ3v) is 4.00. The maximum absolute atomic E-state index is 12.3. The molecule has 1 fully saturated rings. The fraction of sp³-hybridized carbons (Fsp3) is 0.421. The van der Waals surface area contributed by atoms with Gasteiger partial charge in [-0.15, -0.1) is 0 Å². The van der Waals surface area contributed by atoms with E-state index in [0.717, 1.165) is 11.3 Å². The number of carbonyl (C=O) groups is 3. The van der Waals surface area contributed by atoms with Gasteiger partial charge in [-0.25, -0.2) is 0 Å². The number of nitrogens with zero attached hydrogens (tertiary/aromatic N) is 2. The lowest BCUT2D eigenvalue weighted by molar-refractivity contribution is -0.148. The SMILES string of the molecule is COc1cccc(C=CC(=O)N2CCN(C(=O)C(=O)NC(C)C)CC2)c1. The molecule has 0 bridgehead atoms. The van der Waals surface area contributed by atoms with Gasteiger partial charge in [0, 0.05) is 38.3 Å². The molecule has 3 amide bonds. The molecular weight excluding hydrogens is 334 g/mol. The van der Waals surface area contributed by atoms with E-state index in [-0.39, 0.29) is 11.9 Å². The summed E-state index contributed by atoms with van der Waals surface area (Å²) in [7, 11) is 1.59. The second-order valence-corrected chi connectivity index (χ2v) is 6.36. The Hall–Kier alpha value is -2.83. The van der Waals surface area contributed by atoms with E-state index in [4.69, 9.17) is 4.74 Å². The highest BCUT2D eigenvalue weighted by Gasteiger charge is 2.27. The van der Waals surface area contributed by atoms with Crippen LogP contribution in [0.1, 0.15) is 19.4 Å². The number of hydrogen-bond acceptors (Lipinski definition) is 4. The van der Waals surface area contributed by atoms with Crippen LogP contribution < -0.4 is 10.1 Å². The maximum Gasteiger partial charge on any atom is 0.312 e. The predicted molar refractivity (Wildman–Crippen MR) is 98.5 cm³/mol. The quantitative estimate of drug-likeness (QED) is 0.640. The molecule has 0 spiro atoms. The summed E-state index contributed by atoms with van der Waals surface area (Å²) in [6.45, 7) is 5.11. The topological polar surface area (TPSA) is 79.0 Å². The molecule has 0 unspecified atom stereocenters. The second-order valence-electron chi connectivity index (χ2n) is 6.36. The summed E-state index contributed by atoms with van der Waals surface area (Å²) in [5.41, 5.74) is 0.872. The number of rotatable bonds is 4. The summed E-state index contributed by atoms with van der Waals surface area (Å²) in [6.07, 6.45) is 3.25. The first-order chi connectivity index (χ1) is 12.4. The minimum absolute atomic E-state index is 0.0870. The number of nitrogens with one attached hydrogen (secondary N) is 1. The van der Waals surface area contributed by atoms with E-state index in [2.05, 4.69) is 5.32 Å². The third kappa shape index (κ3) is 5.34. The zero-order valence-corrected chi connectivity index (χ0v) is 15.4. The molecule has 1 aliphatic heterocycles. The first-order valence-corrected chi connectivity index (χ1v) is 8.61. The molecule has 26 heavy (non-hydrogen) atoms. The summed E-state index contributed by atoms with van der Waals surface area (Å²) in [4.78, 5) is 39.3. The van der Waals surface area contributed by atoms with Crippen LogP contribution in [0.2, 0.25) is 0 Å². The lowest BCUT2D eigenvalue weighted by atomic mass is 10.2. The highest BCUT2D eigenvalue weighted by Crippen LogP contribution is 2.14. The molecule has 1 heterocycles. The minimum atomic E-state index is -0.599. The molecule has 1 N–H and O–H groups in total. The predicted octanol–water partition coefficient (Wildman–Crippen LogP) is 0.904. The minimum Gasteiger partial charge on any atom is -0.497 e. The van der Waals surface area contributed by atoms with Crippen LogP contribution in [0.5, 0.6) is 5.75 Å². The number of amides is 3. The molecule has 1 aliphatic rings. The summed E-state index contributed by atoms with van der Waals surface area (Å²) in [6, 6.07) is 7.33. The number of hydrogen-bond donors (Lipinski definition) is 1. The van der Waals surface area contributed by atoms with E-state index in [0.29, 0.717) is 26.2 Å². The van der Waals surface area contributed by atoms with Crippen LogP contribution in [0.3, 0.4) is 0 Å². The molecule has 7 heteroatoms. The van der Waals surface area contributed by atoms with Gasteiger partial charge in [0.2, 0.25) is 5.91 Å². The summed E-state index contributed by atoms with van der Waals surface area (Å²) >= 11 is 0. The van der Waals surface area contributed by atoms with Crippen molar-refractivity contribution in [3.05, 3.63) is 35.9 Å². The van der Waals surface area contributed by atoms with Gasteiger partial charge in [-0.3, -0.25) is 14.4 Å². The van der Waals surface area contributed by atoms with Crippen LogP contribution in [0.15, 0.2) is 30.3 Å². The van der Waals surface area contributed by atoms with E-state index < -0.39 is 11.8 Å². The van der Waals surface area contributed by atoms with Crippen molar-refractivity contribution in [1.82, 2.24) is 15.1 Å². The zero-order chi connectivity index (χ0) is 19.1. The van der Waals surface area contributed by atoms with Gasteiger partial charge >= 0.3 is 11.8 Å².